The maximum Gasteiger partial charge on any atom is 0.146 e. The van der Waals surface area contributed by atoms with Crippen LogP contribution in [0, 0.1) is 5.82 Å². The molecule has 6 heteroatoms. The van der Waals surface area contributed by atoms with Gasteiger partial charge in [-0.3, -0.25) is 9.80 Å². The van der Waals surface area contributed by atoms with Crippen LogP contribution in [0.4, 0.5) is 10.1 Å². The zero-order valence-electron chi connectivity index (χ0n) is 19.4. The number of rotatable bonds is 8. The van der Waals surface area contributed by atoms with Crippen LogP contribution in [0.3, 0.4) is 0 Å². The van der Waals surface area contributed by atoms with Crippen LogP contribution in [-0.2, 0) is 17.9 Å². The summed E-state index contributed by atoms with van der Waals surface area (Å²) in [6, 6.07) is 14.2. The van der Waals surface area contributed by atoms with Crippen molar-refractivity contribution < 1.29 is 13.9 Å². The van der Waals surface area contributed by atoms with Gasteiger partial charge in [0, 0.05) is 57.5 Å². The number of methoxy groups -OCH3 is 1. The molecule has 0 aromatic heterocycles. The SMILES string of the molecule is CCOCc1cc(CN2CCCC(N3CCN(c4ccccc4F)CC3)C2)ccc1OC. The monoisotopic (exact) mass is 441 g/mol. The molecule has 5 nitrogen and oxygen atoms in total. The number of anilines is 1. The fourth-order valence-corrected chi connectivity index (χ4v) is 5.02. The molecular weight excluding hydrogens is 405 g/mol. The molecule has 32 heavy (non-hydrogen) atoms. The van der Waals surface area contributed by atoms with Gasteiger partial charge in [0.25, 0.3) is 0 Å². The van der Waals surface area contributed by atoms with Gasteiger partial charge in [0.1, 0.15) is 11.6 Å². The van der Waals surface area contributed by atoms with Gasteiger partial charge in [0.05, 0.1) is 19.4 Å². The van der Waals surface area contributed by atoms with Crippen molar-refractivity contribution in [1.82, 2.24) is 9.80 Å². The van der Waals surface area contributed by atoms with E-state index in [0.29, 0.717) is 19.3 Å². The van der Waals surface area contributed by atoms with E-state index < -0.39 is 0 Å². The second kappa shape index (κ2) is 11.1. The number of piperazine rings is 1. The third-order valence-corrected chi connectivity index (χ3v) is 6.72. The summed E-state index contributed by atoms with van der Waals surface area (Å²) in [4.78, 5) is 7.37. The van der Waals surface area contributed by atoms with Gasteiger partial charge < -0.3 is 14.4 Å². The Bertz CT molecular complexity index is 870. The lowest BCUT2D eigenvalue weighted by Crippen LogP contribution is -2.55. The number of piperidine rings is 1. The Morgan fingerprint density at radius 1 is 1.03 bits per heavy atom. The molecule has 0 saturated carbocycles. The fraction of sp³-hybridized carbons (Fsp3) is 0.538. The Kier molecular flexibility index (Phi) is 8.00. The molecular formula is C26H36FN3O2. The van der Waals surface area contributed by atoms with Gasteiger partial charge in [-0.15, -0.1) is 0 Å². The van der Waals surface area contributed by atoms with Gasteiger partial charge in [-0.25, -0.2) is 4.39 Å². The molecule has 0 aliphatic carbocycles. The van der Waals surface area contributed by atoms with Crippen molar-refractivity contribution in [3.8, 4) is 5.75 Å². The second-order valence-corrected chi connectivity index (χ2v) is 8.79. The van der Waals surface area contributed by atoms with E-state index in [9.17, 15) is 4.39 Å². The van der Waals surface area contributed by atoms with E-state index >= 15 is 0 Å². The molecule has 0 amide bonds. The molecule has 2 aliphatic rings. The van der Waals surface area contributed by atoms with E-state index in [1.165, 1.54) is 18.4 Å². The average molecular weight is 442 g/mol. The summed E-state index contributed by atoms with van der Waals surface area (Å²) in [7, 11) is 1.71. The van der Waals surface area contributed by atoms with Crippen LogP contribution in [-0.4, -0.2) is 68.8 Å². The van der Waals surface area contributed by atoms with E-state index in [1.54, 1.807) is 19.2 Å². The zero-order chi connectivity index (χ0) is 22.3. The standard InChI is InChI=1S/C26H36FN3O2/c1-3-32-20-22-17-21(10-11-26(22)31-2)18-28-12-6-7-23(19-28)29-13-15-30(16-14-29)25-9-5-4-8-24(25)27/h4-5,8-11,17,23H,3,6-7,12-16,18-20H2,1-2H3. The van der Waals surface area contributed by atoms with Crippen LogP contribution in [0.15, 0.2) is 42.5 Å². The Morgan fingerprint density at radius 3 is 2.59 bits per heavy atom. The average Bonchev–Trinajstić information content (AvgIpc) is 2.83. The van der Waals surface area contributed by atoms with Crippen LogP contribution < -0.4 is 9.64 Å². The number of hydrogen-bond acceptors (Lipinski definition) is 5. The molecule has 2 fully saturated rings. The predicted octanol–water partition coefficient (Wildman–Crippen LogP) is 4.16. The number of hydrogen-bond donors (Lipinski definition) is 0. The number of nitrogens with zero attached hydrogens (tertiary/aromatic N) is 3. The highest BCUT2D eigenvalue weighted by molar-refractivity contribution is 5.48. The molecule has 1 unspecified atom stereocenters. The number of halogens is 1. The number of para-hydroxylation sites is 1. The molecule has 2 aromatic rings. The normalized spacial score (nSPS) is 20.5. The van der Waals surface area contributed by atoms with Crippen LogP contribution >= 0.6 is 0 Å². The van der Waals surface area contributed by atoms with Crippen LogP contribution in [0.1, 0.15) is 30.9 Å². The van der Waals surface area contributed by atoms with E-state index in [0.717, 1.165) is 62.8 Å². The largest absolute Gasteiger partial charge is 0.496 e. The molecule has 0 N–H and O–H groups in total. The summed E-state index contributed by atoms with van der Waals surface area (Å²) in [5.41, 5.74) is 3.16. The molecule has 0 bridgehead atoms. The summed E-state index contributed by atoms with van der Waals surface area (Å²) < 4.78 is 25.3. The van der Waals surface area contributed by atoms with Gasteiger partial charge in [-0.1, -0.05) is 18.2 Å². The highest BCUT2D eigenvalue weighted by atomic mass is 19.1. The minimum Gasteiger partial charge on any atom is -0.496 e. The fourth-order valence-electron chi connectivity index (χ4n) is 5.02. The van der Waals surface area contributed by atoms with Gasteiger partial charge in [0.2, 0.25) is 0 Å². The van der Waals surface area contributed by atoms with Gasteiger partial charge >= 0.3 is 0 Å². The Balaban J connectivity index is 1.33. The molecule has 2 heterocycles. The van der Waals surface area contributed by atoms with Crippen LogP contribution in [0.2, 0.25) is 0 Å². The summed E-state index contributed by atoms with van der Waals surface area (Å²) in [6.45, 7) is 10.2. The minimum atomic E-state index is -0.118. The lowest BCUT2D eigenvalue weighted by atomic mass is 10.0. The topological polar surface area (TPSA) is 28.2 Å². The van der Waals surface area contributed by atoms with E-state index in [-0.39, 0.29) is 5.82 Å². The quantitative estimate of drug-likeness (QED) is 0.614. The Labute approximate surface area is 191 Å². The minimum absolute atomic E-state index is 0.118. The molecule has 0 radical (unpaired) electrons. The highest BCUT2D eigenvalue weighted by Gasteiger charge is 2.28. The smallest absolute Gasteiger partial charge is 0.146 e. The summed E-state index contributed by atoms with van der Waals surface area (Å²) in [5, 5.41) is 0. The summed E-state index contributed by atoms with van der Waals surface area (Å²) >= 11 is 0. The highest BCUT2D eigenvalue weighted by Crippen LogP contribution is 2.25. The first-order valence-electron chi connectivity index (χ1n) is 11.9. The molecule has 2 saturated heterocycles. The molecule has 4 rings (SSSR count). The summed E-state index contributed by atoms with van der Waals surface area (Å²) in [5.74, 6) is 0.777. The van der Waals surface area contributed by atoms with E-state index in [1.807, 2.05) is 19.1 Å². The first-order valence-corrected chi connectivity index (χ1v) is 11.9. The van der Waals surface area contributed by atoms with Crippen molar-refractivity contribution >= 4 is 5.69 Å². The Hall–Kier alpha value is -2.15. The van der Waals surface area contributed by atoms with Crippen molar-refractivity contribution in [2.45, 2.75) is 39.0 Å². The van der Waals surface area contributed by atoms with E-state index in [4.69, 9.17) is 9.47 Å². The van der Waals surface area contributed by atoms with Crippen LogP contribution in [0.5, 0.6) is 5.75 Å². The van der Waals surface area contributed by atoms with E-state index in [2.05, 4.69) is 32.9 Å². The number of benzene rings is 2. The molecule has 0 spiro atoms. The first kappa shape index (κ1) is 23.0. The molecule has 2 aliphatic heterocycles. The molecule has 2 aromatic carbocycles. The van der Waals surface area contributed by atoms with Gasteiger partial charge in [-0.2, -0.15) is 0 Å². The van der Waals surface area contributed by atoms with Crippen molar-refractivity contribution in [1.29, 1.82) is 0 Å². The Morgan fingerprint density at radius 2 is 1.84 bits per heavy atom. The predicted molar refractivity (Wildman–Crippen MR) is 127 cm³/mol. The van der Waals surface area contributed by atoms with Crippen molar-refractivity contribution in [2.75, 3.05) is 57.9 Å². The first-order chi connectivity index (χ1) is 15.7. The van der Waals surface area contributed by atoms with Gasteiger partial charge in [0.15, 0.2) is 0 Å². The third-order valence-electron chi connectivity index (χ3n) is 6.72. The van der Waals surface area contributed by atoms with Crippen molar-refractivity contribution in [2.24, 2.45) is 0 Å². The van der Waals surface area contributed by atoms with Gasteiger partial charge in [-0.05, 0) is 56.1 Å². The van der Waals surface area contributed by atoms with Crippen molar-refractivity contribution in [3.05, 3.63) is 59.4 Å². The number of likely N-dealkylation sites (tertiary alicyclic amines) is 1. The van der Waals surface area contributed by atoms with Crippen LogP contribution in [0.25, 0.3) is 0 Å². The number of ether oxygens (including phenoxy) is 2. The van der Waals surface area contributed by atoms with Crippen molar-refractivity contribution in [3.63, 3.8) is 0 Å². The molecule has 174 valence electrons. The molecule has 1 atom stereocenters. The maximum atomic E-state index is 14.2. The maximum absolute atomic E-state index is 14.2. The lowest BCUT2D eigenvalue weighted by Gasteiger charge is -2.44. The zero-order valence-corrected chi connectivity index (χ0v) is 19.4. The summed E-state index contributed by atoms with van der Waals surface area (Å²) in [6.07, 6.45) is 2.47. The third kappa shape index (κ3) is 5.61. The second-order valence-electron chi connectivity index (χ2n) is 8.79. The lowest BCUT2D eigenvalue weighted by molar-refractivity contribution is 0.0885.